The normalized spacial score (nSPS) is 19.3. The van der Waals surface area contributed by atoms with E-state index in [9.17, 15) is 9.59 Å². The van der Waals surface area contributed by atoms with Crippen molar-refractivity contribution in [2.24, 2.45) is 12.8 Å². The highest BCUT2D eigenvalue weighted by molar-refractivity contribution is 7.20. The summed E-state index contributed by atoms with van der Waals surface area (Å²) in [5, 5.41) is 8.37. The second-order valence-electron chi connectivity index (χ2n) is 7.03. The van der Waals surface area contributed by atoms with Gasteiger partial charge in [-0.3, -0.25) is 14.3 Å². The molecule has 8 heteroatoms. The lowest BCUT2D eigenvalue weighted by molar-refractivity contribution is -0.124. The van der Waals surface area contributed by atoms with Crippen LogP contribution in [0.15, 0.2) is 36.4 Å². The van der Waals surface area contributed by atoms with Crippen molar-refractivity contribution in [2.45, 2.75) is 25.4 Å². The van der Waals surface area contributed by atoms with Crippen LogP contribution < -0.4 is 11.1 Å². The van der Waals surface area contributed by atoms with E-state index in [2.05, 4.69) is 10.4 Å². The molecule has 0 spiro atoms. The van der Waals surface area contributed by atoms with Crippen molar-refractivity contribution >= 4 is 33.4 Å². The van der Waals surface area contributed by atoms with E-state index < -0.39 is 6.04 Å². The highest BCUT2D eigenvalue weighted by Crippen LogP contribution is 2.35. The number of hydrogen-bond donors (Lipinski definition) is 2. The highest BCUT2D eigenvalue weighted by Gasteiger charge is 2.39. The molecule has 0 radical (unpaired) electrons. The zero-order chi connectivity index (χ0) is 19.8. The first-order valence-electron chi connectivity index (χ1n) is 9.35. The number of likely N-dealkylation sites (tertiary alicyclic amines) is 1. The number of benzene rings is 1. The van der Waals surface area contributed by atoms with Crippen molar-refractivity contribution in [3.63, 3.8) is 0 Å². The van der Waals surface area contributed by atoms with Crippen LogP contribution >= 0.6 is 11.3 Å². The number of thiophene rings is 1. The van der Waals surface area contributed by atoms with Crippen molar-refractivity contribution in [3.05, 3.63) is 41.3 Å². The molecule has 0 aliphatic carbocycles. The molecule has 1 saturated heterocycles. The molecule has 2 unspecified atom stereocenters. The summed E-state index contributed by atoms with van der Waals surface area (Å²) in [6, 6.07) is 11.1. The Morgan fingerprint density at radius 1 is 1.32 bits per heavy atom. The molecular weight excluding hydrogens is 374 g/mol. The first-order chi connectivity index (χ1) is 13.5. The second-order valence-corrected chi connectivity index (χ2v) is 8.06. The number of aryl methyl sites for hydroxylation is 1. The van der Waals surface area contributed by atoms with Crippen LogP contribution in [0.1, 0.15) is 23.0 Å². The third-order valence-electron chi connectivity index (χ3n) is 5.02. The van der Waals surface area contributed by atoms with Gasteiger partial charge in [-0.2, -0.15) is 5.10 Å². The average Bonchev–Trinajstić information content (AvgIpc) is 3.37. The Bertz CT molecular complexity index is 1030. The Morgan fingerprint density at radius 2 is 2.07 bits per heavy atom. The van der Waals surface area contributed by atoms with Crippen LogP contribution in [-0.2, 0) is 11.8 Å². The van der Waals surface area contributed by atoms with Crippen molar-refractivity contribution in [2.75, 3.05) is 13.1 Å². The van der Waals surface area contributed by atoms with Gasteiger partial charge in [0.1, 0.15) is 16.6 Å². The Balaban J connectivity index is 1.69. The fraction of sp³-hybridized carbons (Fsp3) is 0.350. The first kappa shape index (κ1) is 18.6. The van der Waals surface area contributed by atoms with Crippen molar-refractivity contribution in [3.8, 4) is 11.3 Å². The summed E-state index contributed by atoms with van der Waals surface area (Å²) in [5.41, 5.74) is 7.92. The van der Waals surface area contributed by atoms with Gasteiger partial charge in [0.2, 0.25) is 5.91 Å². The molecule has 4 rings (SSSR count). The highest BCUT2D eigenvalue weighted by atomic mass is 32.1. The number of amides is 2. The molecule has 3 N–H and O–H groups in total. The standard InChI is InChI=1S/C20H23N5O2S/c1-3-22-18(26)15-9-13(21)11-25(15)19(27)16-10-14-17(12-7-5-4-6-8-12)23-24(2)20(14)28-16/h4-8,10,13,15H,3,9,11,21H2,1-2H3,(H,22,26). The van der Waals surface area contributed by atoms with Crippen molar-refractivity contribution in [1.29, 1.82) is 0 Å². The summed E-state index contributed by atoms with van der Waals surface area (Å²) < 4.78 is 1.80. The lowest BCUT2D eigenvalue weighted by Crippen LogP contribution is -2.45. The summed E-state index contributed by atoms with van der Waals surface area (Å²) in [6.07, 6.45) is 0.485. The Morgan fingerprint density at radius 3 is 2.79 bits per heavy atom. The van der Waals surface area contributed by atoms with Crippen molar-refractivity contribution in [1.82, 2.24) is 20.0 Å². The predicted octanol–water partition coefficient (Wildman–Crippen LogP) is 1.98. The van der Waals surface area contributed by atoms with Crippen LogP contribution in [0.5, 0.6) is 0 Å². The number of aromatic nitrogens is 2. The fourth-order valence-electron chi connectivity index (χ4n) is 3.73. The Hall–Kier alpha value is -2.71. The maximum atomic E-state index is 13.2. The lowest BCUT2D eigenvalue weighted by atomic mass is 10.1. The minimum absolute atomic E-state index is 0.142. The van der Waals surface area contributed by atoms with Gasteiger partial charge in [-0.15, -0.1) is 11.3 Å². The lowest BCUT2D eigenvalue weighted by Gasteiger charge is -2.23. The monoisotopic (exact) mass is 397 g/mol. The minimum Gasteiger partial charge on any atom is -0.355 e. The van der Waals surface area contributed by atoms with E-state index in [1.165, 1.54) is 11.3 Å². The molecule has 0 bridgehead atoms. The number of carbonyl (C=O) groups excluding carboxylic acids is 2. The van der Waals surface area contributed by atoms with Gasteiger partial charge in [-0.1, -0.05) is 30.3 Å². The van der Waals surface area contributed by atoms with E-state index in [0.717, 1.165) is 21.5 Å². The third kappa shape index (κ3) is 3.18. The molecule has 7 nitrogen and oxygen atoms in total. The molecule has 2 amide bonds. The number of nitrogens with zero attached hydrogens (tertiary/aromatic N) is 3. The van der Waals surface area contributed by atoms with E-state index in [1.807, 2.05) is 50.4 Å². The van der Waals surface area contributed by atoms with Crippen LogP contribution in [0.2, 0.25) is 0 Å². The summed E-state index contributed by atoms with van der Waals surface area (Å²) in [4.78, 5) is 28.7. The molecule has 0 saturated carbocycles. The van der Waals surface area contributed by atoms with E-state index in [1.54, 1.807) is 9.58 Å². The second kappa shape index (κ2) is 7.37. The molecule has 1 fully saturated rings. The predicted molar refractivity (Wildman–Crippen MR) is 110 cm³/mol. The third-order valence-corrected chi connectivity index (χ3v) is 6.21. The van der Waals surface area contributed by atoms with Gasteiger partial charge in [-0.25, -0.2) is 0 Å². The molecule has 1 aliphatic rings. The van der Waals surface area contributed by atoms with E-state index in [-0.39, 0.29) is 17.9 Å². The quantitative estimate of drug-likeness (QED) is 0.704. The maximum Gasteiger partial charge on any atom is 0.264 e. The molecular formula is C20H23N5O2S. The van der Waals surface area contributed by atoms with Crippen LogP contribution in [0.25, 0.3) is 21.5 Å². The minimum atomic E-state index is -0.514. The number of nitrogens with two attached hydrogens (primary N) is 1. The number of fused-ring (bicyclic) bond motifs is 1. The van der Waals surface area contributed by atoms with Crippen LogP contribution in [0.4, 0.5) is 0 Å². The van der Waals surface area contributed by atoms with E-state index in [4.69, 9.17) is 5.73 Å². The van der Waals surface area contributed by atoms with Gasteiger partial charge in [-0.05, 0) is 19.4 Å². The SMILES string of the molecule is CCNC(=O)C1CC(N)CN1C(=O)c1cc2c(-c3ccccc3)nn(C)c2s1. The van der Waals surface area contributed by atoms with Gasteiger partial charge in [0.25, 0.3) is 5.91 Å². The number of carbonyl (C=O) groups is 2. The van der Waals surface area contributed by atoms with Gasteiger partial charge in [0.15, 0.2) is 0 Å². The van der Waals surface area contributed by atoms with Crippen LogP contribution in [0.3, 0.4) is 0 Å². The largest absolute Gasteiger partial charge is 0.355 e. The zero-order valence-electron chi connectivity index (χ0n) is 15.9. The zero-order valence-corrected chi connectivity index (χ0v) is 16.7. The Kier molecular flexibility index (Phi) is 4.91. The molecule has 3 heterocycles. The number of likely N-dealkylation sites (N-methyl/N-ethyl adjacent to an activating group) is 1. The average molecular weight is 398 g/mol. The summed E-state index contributed by atoms with van der Waals surface area (Å²) in [5.74, 6) is -0.291. The summed E-state index contributed by atoms with van der Waals surface area (Å²) in [7, 11) is 1.88. The molecule has 146 valence electrons. The topological polar surface area (TPSA) is 93.2 Å². The number of rotatable bonds is 4. The fourth-order valence-corrected chi connectivity index (χ4v) is 4.76. The molecule has 1 aliphatic heterocycles. The maximum absolute atomic E-state index is 13.2. The number of hydrogen-bond acceptors (Lipinski definition) is 5. The first-order valence-corrected chi connectivity index (χ1v) is 10.2. The van der Waals surface area contributed by atoms with Crippen molar-refractivity contribution < 1.29 is 9.59 Å². The molecule has 3 aromatic rings. The molecule has 28 heavy (non-hydrogen) atoms. The Labute approximate surface area is 167 Å². The van der Waals surface area contributed by atoms with E-state index in [0.29, 0.717) is 24.4 Å². The van der Waals surface area contributed by atoms with E-state index >= 15 is 0 Å². The van der Waals surface area contributed by atoms with Gasteiger partial charge in [0, 0.05) is 37.1 Å². The molecule has 2 atom stereocenters. The van der Waals surface area contributed by atoms with Crippen LogP contribution in [0, 0.1) is 0 Å². The van der Waals surface area contributed by atoms with Crippen LogP contribution in [-0.4, -0.2) is 51.7 Å². The molecule has 1 aromatic carbocycles. The summed E-state index contributed by atoms with van der Waals surface area (Å²) >= 11 is 1.40. The number of nitrogens with one attached hydrogen (secondary N) is 1. The summed E-state index contributed by atoms with van der Waals surface area (Å²) in [6.45, 7) is 2.78. The molecule has 2 aromatic heterocycles. The smallest absolute Gasteiger partial charge is 0.264 e. The van der Waals surface area contributed by atoms with Gasteiger partial charge in [0.05, 0.1) is 4.88 Å². The van der Waals surface area contributed by atoms with Gasteiger partial charge < -0.3 is 16.0 Å². The van der Waals surface area contributed by atoms with Gasteiger partial charge >= 0.3 is 0 Å².